The van der Waals surface area contributed by atoms with Crippen molar-refractivity contribution in [2.75, 3.05) is 5.32 Å². The molecule has 9 heteroatoms. The second kappa shape index (κ2) is 8.76. The van der Waals surface area contributed by atoms with E-state index in [1.165, 1.54) is 6.07 Å². The summed E-state index contributed by atoms with van der Waals surface area (Å²) in [6, 6.07) is 11.7. The fraction of sp³-hybridized carbons (Fsp3) is 0.125. The molecule has 33 heavy (non-hydrogen) atoms. The molecule has 0 fully saturated rings. The maximum absolute atomic E-state index is 13.2. The number of aliphatic hydroxyl groups excluding tert-OH is 1. The second-order valence-electron chi connectivity index (χ2n) is 7.20. The number of benzene rings is 2. The number of hydrogen-bond acceptors (Lipinski definition) is 4. The van der Waals surface area contributed by atoms with Crippen molar-refractivity contribution in [2.45, 2.75) is 19.7 Å². The van der Waals surface area contributed by atoms with Crippen molar-refractivity contribution in [3.05, 3.63) is 94.4 Å². The lowest BCUT2D eigenvalue weighted by Crippen LogP contribution is -2.15. The first kappa shape index (κ1) is 22.0. The molecule has 0 bridgehead atoms. The number of alkyl halides is 3. The number of nitrogens with zero attached hydrogens (tertiary/aromatic N) is 3. The zero-order chi connectivity index (χ0) is 23.6. The Bertz CT molecular complexity index is 1410. The molecule has 1 amide bonds. The Hall–Kier alpha value is -4.16. The third kappa shape index (κ3) is 4.71. The highest BCUT2D eigenvalue weighted by Crippen LogP contribution is 2.34. The molecule has 6 nitrogen and oxygen atoms in total. The van der Waals surface area contributed by atoms with Crippen LogP contribution in [0.3, 0.4) is 0 Å². The molecular formula is C24H17F3N4O2. The molecule has 166 valence electrons. The van der Waals surface area contributed by atoms with Crippen molar-refractivity contribution in [1.29, 1.82) is 0 Å². The van der Waals surface area contributed by atoms with Gasteiger partial charge in [-0.3, -0.25) is 4.79 Å². The number of hydrogen-bond donors (Lipinski definition) is 2. The van der Waals surface area contributed by atoms with Crippen molar-refractivity contribution in [3.63, 3.8) is 0 Å². The quantitative estimate of drug-likeness (QED) is 0.459. The van der Waals surface area contributed by atoms with Crippen molar-refractivity contribution in [1.82, 2.24) is 14.6 Å². The van der Waals surface area contributed by atoms with E-state index < -0.39 is 24.3 Å². The SMILES string of the molecule is Cc1ccc(C(=O)Nc2ccc(CO)c(C(F)(F)F)c2)cc1C#Cc1cnc2cccnn12. The van der Waals surface area contributed by atoms with Gasteiger partial charge in [0.2, 0.25) is 0 Å². The van der Waals surface area contributed by atoms with E-state index in [0.29, 0.717) is 16.9 Å². The van der Waals surface area contributed by atoms with Crippen molar-refractivity contribution in [2.24, 2.45) is 0 Å². The Labute approximate surface area is 186 Å². The average molecular weight is 450 g/mol. The van der Waals surface area contributed by atoms with Gasteiger partial charge in [-0.25, -0.2) is 9.50 Å². The molecule has 0 spiro atoms. The van der Waals surface area contributed by atoms with Crippen LogP contribution in [0.2, 0.25) is 0 Å². The smallest absolute Gasteiger partial charge is 0.392 e. The number of fused-ring (bicyclic) bond motifs is 1. The fourth-order valence-electron chi connectivity index (χ4n) is 3.20. The molecule has 2 aromatic heterocycles. The minimum atomic E-state index is -4.65. The second-order valence-corrected chi connectivity index (χ2v) is 7.20. The molecule has 4 aromatic rings. The monoisotopic (exact) mass is 450 g/mol. The molecule has 2 heterocycles. The molecule has 0 radical (unpaired) electrons. The van der Waals surface area contributed by atoms with E-state index in [9.17, 15) is 18.0 Å². The number of nitrogens with one attached hydrogen (secondary N) is 1. The summed E-state index contributed by atoms with van der Waals surface area (Å²) in [6.45, 7) is 1.08. The maximum atomic E-state index is 13.2. The van der Waals surface area contributed by atoms with Crippen LogP contribution in [-0.4, -0.2) is 25.6 Å². The summed E-state index contributed by atoms with van der Waals surface area (Å²) in [5.74, 6) is 5.40. The van der Waals surface area contributed by atoms with Gasteiger partial charge in [-0.2, -0.15) is 18.3 Å². The van der Waals surface area contributed by atoms with E-state index in [2.05, 4.69) is 27.2 Å². The highest BCUT2D eigenvalue weighted by atomic mass is 19.4. The number of carbonyl (C=O) groups excluding carboxylic acids is 1. The van der Waals surface area contributed by atoms with Gasteiger partial charge in [0.25, 0.3) is 5.91 Å². The van der Waals surface area contributed by atoms with Crippen LogP contribution >= 0.6 is 0 Å². The van der Waals surface area contributed by atoms with Crippen molar-refractivity contribution >= 4 is 17.2 Å². The molecule has 0 unspecified atom stereocenters. The van der Waals surface area contributed by atoms with Crippen LogP contribution in [0.4, 0.5) is 18.9 Å². The van der Waals surface area contributed by atoms with E-state index in [-0.39, 0.29) is 16.8 Å². The minimum Gasteiger partial charge on any atom is -0.392 e. The molecule has 0 aliphatic heterocycles. The van der Waals surface area contributed by atoms with Crippen molar-refractivity contribution in [3.8, 4) is 11.8 Å². The first-order valence-corrected chi connectivity index (χ1v) is 9.80. The Balaban J connectivity index is 1.60. The zero-order valence-corrected chi connectivity index (χ0v) is 17.3. The Kier molecular flexibility index (Phi) is 5.85. The fourth-order valence-corrected chi connectivity index (χ4v) is 3.20. The maximum Gasteiger partial charge on any atom is 0.416 e. The van der Waals surface area contributed by atoms with Gasteiger partial charge in [0.05, 0.1) is 18.4 Å². The number of anilines is 1. The highest BCUT2D eigenvalue weighted by Gasteiger charge is 2.33. The van der Waals surface area contributed by atoms with Crippen LogP contribution in [-0.2, 0) is 12.8 Å². The standard InChI is InChI=1S/C24H17F3N4O2/c1-15-4-5-17(11-16(15)7-9-20-13-28-22-3-2-10-29-31(20)22)23(33)30-19-8-6-18(14-32)21(12-19)24(25,26)27/h2-6,8,10-13,32H,14H2,1H3,(H,30,33). The third-order valence-corrected chi connectivity index (χ3v) is 4.95. The Morgan fingerprint density at radius 3 is 2.73 bits per heavy atom. The number of amides is 1. The highest BCUT2D eigenvalue weighted by molar-refractivity contribution is 6.04. The molecule has 2 aromatic carbocycles. The number of rotatable bonds is 3. The molecule has 4 rings (SSSR count). The first-order valence-electron chi connectivity index (χ1n) is 9.80. The number of aromatic nitrogens is 3. The third-order valence-electron chi connectivity index (χ3n) is 4.95. The number of halogens is 3. The molecular weight excluding hydrogens is 433 g/mol. The normalized spacial score (nSPS) is 11.2. The molecule has 0 saturated heterocycles. The summed E-state index contributed by atoms with van der Waals surface area (Å²) in [6.07, 6.45) is -1.44. The Morgan fingerprint density at radius 1 is 1.15 bits per heavy atom. The lowest BCUT2D eigenvalue weighted by molar-refractivity contribution is -0.138. The van der Waals surface area contributed by atoms with Gasteiger partial charge >= 0.3 is 6.18 Å². The predicted molar refractivity (Wildman–Crippen MR) is 115 cm³/mol. The van der Waals surface area contributed by atoms with Gasteiger partial charge in [-0.15, -0.1) is 0 Å². The molecule has 0 atom stereocenters. The van der Waals surface area contributed by atoms with Gasteiger partial charge in [0, 0.05) is 23.0 Å². The van der Waals surface area contributed by atoms with Crippen LogP contribution in [0.1, 0.15) is 38.3 Å². The van der Waals surface area contributed by atoms with Crippen LogP contribution in [0.5, 0.6) is 0 Å². The topological polar surface area (TPSA) is 79.5 Å². The lowest BCUT2D eigenvalue weighted by Gasteiger charge is -2.14. The Morgan fingerprint density at radius 2 is 1.97 bits per heavy atom. The van der Waals surface area contributed by atoms with Gasteiger partial charge in [-0.1, -0.05) is 18.1 Å². The first-order chi connectivity index (χ1) is 15.8. The van der Waals surface area contributed by atoms with Gasteiger partial charge in [0.15, 0.2) is 5.65 Å². The molecule has 2 N–H and O–H groups in total. The van der Waals surface area contributed by atoms with E-state index in [1.807, 2.05) is 6.92 Å². The minimum absolute atomic E-state index is 0.0328. The van der Waals surface area contributed by atoms with E-state index in [1.54, 1.807) is 47.2 Å². The summed E-state index contributed by atoms with van der Waals surface area (Å²) in [5.41, 5.74) is 1.57. The number of carbonyl (C=O) groups is 1. The number of imidazole rings is 1. The number of aliphatic hydroxyl groups is 1. The summed E-state index contributed by atoms with van der Waals surface area (Å²) in [5, 5.41) is 15.8. The zero-order valence-electron chi connectivity index (χ0n) is 17.3. The summed E-state index contributed by atoms with van der Waals surface area (Å²) >= 11 is 0. The lowest BCUT2D eigenvalue weighted by atomic mass is 10.0. The molecule has 0 aliphatic rings. The summed E-state index contributed by atoms with van der Waals surface area (Å²) in [4.78, 5) is 16.9. The van der Waals surface area contributed by atoms with Crippen LogP contribution in [0.15, 0.2) is 60.9 Å². The van der Waals surface area contributed by atoms with E-state index in [0.717, 1.165) is 17.7 Å². The van der Waals surface area contributed by atoms with E-state index >= 15 is 0 Å². The van der Waals surface area contributed by atoms with Crippen LogP contribution < -0.4 is 5.32 Å². The summed E-state index contributed by atoms with van der Waals surface area (Å²) < 4.78 is 41.3. The summed E-state index contributed by atoms with van der Waals surface area (Å²) in [7, 11) is 0. The largest absolute Gasteiger partial charge is 0.416 e. The van der Waals surface area contributed by atoms with Gasteiger partial charge < -0.3 is 10.4 Å². The van der Waals surface area contributed by atoms with E-state index in [4.69, 9.17) is 5.11 Å². The van der Waals surface area contributed by atoms with Gasteiger partial charge in [-0.05, 0) is 60.4 Å². The van der Waals surface area contributed by atoms with Gasteiger partial charge in [0.1, 0.15) is 5.69 Å². The molecule has 0 aliphatic carbocycles. The number of aryl methyl sites for hydroxylation is 1. The van der Waals surface area contributed by atoms with Crippen LogP contribution in [0.25, 0.3) is 5.65 Å². The molecule has 0 saturated carbocycles. The van der Waals surface area contributed by atoms with Crippen LogP contribution in [0, 0.1) is 18.8 Å². The predicted octanol–water partition coefficient (Wildman–Crippen LogP) is 4.20. The average Bonchev–Trinajstić information content (AvgIpc) is 3.21. The van der Waals surface area contributed by atoms with Crippen molar-refractivity contribution < 1.29 is 23.1 Å².